The first-order valence-corrected chi connectivity index (χ1v) is 9.73. The molecule has 2 aromatic carbocycles. The molecule has 3 rings (SSSR count). The molecular formula is C20H18ClN3O3S. The SMILES string of the molecule is CNc1ccccc1C(=O)OCC(=O)N=c1sccn1Cc1ccccc1Cl. The highest BCUT2D eigenvalue weighted by Gasteiger charge is 2.13. The van der Waals surface area contributed by atoms with Crippen molar-refractivity contribution in [1.29, 1.82) is 0 Å². The number of halogens is 1. The van der Waals surface area contributed by atoms with Gasteiger partial charge in [-0.3, -0.25) is 4.79 Å². The quantitative estimate of drug-likeness (QED) is 0.624. The van der Waals surface area contributed by atoms with Gasteiger partial charge in [-0.05, 0) is 23.8 Å². The lowest BCUT2D eigenvalue weighted by molar-refractivity contribution is -0.121. The van der Waals surface area contributed by atoms with Crippen LogP contribution in [0.5, 0.6) is 0 Å². The lowest BCUT2D eigenvalue weighted by Crippen LogP contribution is -2.20. The molecule has 28 heavy (non-hydrogen) atoms. The molecule has 0 aliphatic heterocycles. The number of anilines is 1. The second-order valence-electron chi connectivity index (χ2n) is 5.78. The van der Waals surface area contributed by atoms with Gasteiger partial charge in [0.05, 0.1) is 12.1 Å². The van der Waals surface area contributed by atoms with Crippen molar-refractivity contribution in [2.24, 2.45) is 4.99 Å². The lowest BCUT2D eigenvalue weighted by atomic mass is 10.2. The number of hydrogen-bond donors (Lipinski definition) is 1. The number of para-hydroxylation sites is 1. The molecule has 1 amide bonds. The zero-order valence-corrected chi connectivity index (χ0v) is 16.7. The number of nitrogens with one attached hydrogen (secondary N) is 1. The molecule has 3 aromatic rings. The van der Waals surface area contributed by atoms with Crippen LogP contribution >= 0.6 is 22.9 Å². The Kier molecular flexibility index (Phi) is 6.62. The van der Waals surface area contributed by atoms with E-state index in [0.717, 1.165) is 5.56 Å². The summed E-state index contributed by atoms with van der Waals surface area (Å²) in [5.41, 5.74) is 1.92. The maximum atomic E-state index is 12.2. The van der Waals surface area contributed by atoms with Gasteiger partial charge in [-0.2, -0.15) is 4.99 Å². The summed E-state index contributed by atoms with van der Waals surface area (Å²) in [6, 6.07) is 14.4. The Morgan fingerprint density at radius 3 is 2.71 bits per heavy atom. The van der Waals surface area contributed by atoms with Crippen LogP contribution in [-0.4, -0.2) is 30.1 Å². The van der Waals surface area contributed by atoms with E-state index in [1.807, 2.05) is 40.4 Å². The summed E-state index contributed by atoms with van der Waals surface area (Å²) in [5.74, 6) is -1.12. The summed E-state index contributed by atoms with van der Waals surface area (Å²) in [4.78, 5) is 29.0. The first-order chi connectivity index (χ1) is 13.6. The molecule has 144 valence electrons. The fraction of sp³-hybridized carbons (Fsp3) is 0.150. The van der Waals surface area contributed by atoms with Crippen LogP contribution in [0.3, 0.4) is 0 Å². The summed E-state index contributed by atoms with van der Waals surface area (Å²) < 4.78 is 6.93. The average molecular weight is 416 g/mol. The molecule has 8 heteroatoms. The van der Waals surface area contributed by atoms with Crippen LogP contribution in [0.15, 0.2) is 65.1 Å². The Balaban J connectivity index is 1.68. The van der Waals surface area contributed by atoms with Gasteiger partial charge in [-0.1, -0.05) is 41.9 Å². The van der Waals surface area contributed by atoms with Gasteiger partial charge >= 0.3 is 5.97 Å². The number of carbonyl (C=O) groups is 2. The maximum absolute atomic E-state index is 12.2. The largest absolute Gasteiger partial charge is 0.452 e. The summed E-state index contributed by atoms with van der Waals surface area (Å²) >= 11 is 7.52. The molecule has 1 N–H and O–H groups in total. The van der Waals surface area contributed by atoms with Crippen molar-refractivity contribution in [1.82, 2.24) is 4.57 Å². The van der Waals surface area contributed by atoms with E-state index in [0.29, 0.717) is 27.6 Å². The predicted octanol–water partition coefficient (Wildman–Crippen LogP) is 3.58. The van der Waals surface area contributed by atoms with Gasteiger partial charge in [0.15, 0.2) is 11.4 Å². The van der Waals surface area contributed by atoms with Gasteiger partial charge < -0.3 is 14.6 Å². The van der Waals surface area contributed by atoms with Crippen LogP contribution in [0.4, 0.5) is 5.69 Å². The number of rotatable bonds is 6. The number of nitrogens with zero attached hydrogens (tertiary/aromatic N) is 2. The lowest BCUT2D eigenvalue weighted by Gasteiger charge is -2.08. The number of amides is 1. The summed E-state index contributed by atoms with van der Waals surface area (Å²) in [6.07, 6.45) is 1.83. The molecule has 0 saturated heterocycles. The van der Waals surface area contributed by atoms with Gasteiger partial charge in [0, 0.05) is 29.3 Å². The molecule has 0 atom stereocenters. The van der Waals surface area contributed by atoms with Crippen LogP contribution in [0.1, 0.15) is 15.9 Å². The van der Waals surface area contributed by atoms with Crippen molar-refractivity contribution < 1.29 is 14.3 Å². The van der Waals surface area contributed by atoms with E-state index >= 15 is 0 Å². The molecule has 1 aromatic heterocycles. The van der Waals surface area contributed by atoms with Gasteiger partial charge in [-0.25, -0.2) is 4.79 Å². The first kappa shape index (κ1) is 19.9. The number of aromatic nitrogens is 1. The van der Waals surface area contributed by atoms with E-state index in [1.165, 1.54) is 11.3 Å². The molecular weight excluding hydrogens is 398 g/mol. The molecule has 0 radical (unpaired) electrons. The molecule has 0 spiro atoms. The third kappa shape index (κ3) is 4.88. The van der Waals surface area contributed by atoms with E-state index in [4.69, 9.17) is 16.3 Å². The molecule has 0 saturated carbocycles. The summed E-state index contributed by atoms with van der Waals surface area (Å²) in [5, 5.41) is 5.39. The molecule has 0 fully saturated rings. The Bertz CT molecular complexity index is 1060. The second kappa shape index (κ2) is 9.34. The van der Waals surface area contributed by atoms with Crippen molar-refractivity contribution in [3.63, 3.8) is 0 Å². The Hall–Kier alpha value is -2.90. The highest BCUT2D eigenvalue weighted by atomic mass is 35.5. The van der Waals surface area contributed by atoms with E-state index in [-0.39, 0.29) is 0 Å². The molecule has 0 bridgehead atoms. The van der Waals surface area contributed by atoms with E-state index in [2.05, 4.69) is 10.3 Å². The van der Waals surface area contributed by atoms with Crippen LogP contribution < -0.4 is 10.1 Å². The number of benzene rings is 2. The zero-order valence-electron chi connectivity index (χ0n) is 15.1. The Morgan fingerprint density at radius 2 is 1.93 bits per heavy atom. The van der Waals surface area contributed by atoms with E-state index < -0.39 is 18.5 Å². The number of ether oxygens (including phenoxy) is 1. The molecule has 0 aliphatic rings. The minimum Gasteiger partial charge on any atom is -0.452 e. The van der Waals surface area contributed by atoms with E-state index in [9.17, 15) is 9.59 Å². The standard InChI is InChI=1S/C20H18ClN3O3S/c1-22-17-9-5-3-7-15(17)19(26)27-13-18(25)23-20-24(10-11-28-20)12-14-6-2-4-8-16(14)21/h2-11,22H,12-13H2,1H3. The number of esters is 1. The van der Waals surface area contributed by atoms with Crippen LogP contribution in [-0.2, 0) is 16.1 Å². The van der Waals surface area contributed by atoms with Crippen molar-refractivity contribution in [2.75, 3.05) is 19.0 Å². The molecule has 1 heterocycles. The Morgan fingerprint density at radius 1 is 1.18 bits per heavy atom. The van der Waals surface area contributed by atoms with E-state index in [1.54, 1.807) is 31.3 Å². The van der Waals surface area contributed by atoms with Crippen LogP contribution in [0.25, 0.3) is 0 Å². The summed E-state index contributed by atoms with van der Waals surface area (Å²) in [6.45, 7) is 0.0610. The number of hydrogen-bond acceptors (Lipinski definition) is 5. The van der Waals surface area contributed by atoms with Crippen molar-refractivity contribution in [3.05, 3.63) is 81.1 Å². The van der Waals surface area contributed by atoms with Gasteiger partial charge in [0.1, 0.15) is 0 Å². The second-order valence-corrected chi connectivity index (χ2v) is 7.06. The predicted molar refractivity (Wildman–Crippen MR) is 110 cm³/mol. The van der Waals surface area contributed by atoms with Gasteiger partial charge in [0.2, 0.25) is 0 Å². The van der Waals surface area contributed by atoms with Crippen LogP contribution in [0, 0.1) is 0 Å². The average Bonchev–Trinajstić information content (AvgIpc) is 3.14. The third-order valence-corrected chi connectivity index (χ3v) is 5.09. The highest BCUT2D eigenvalue weighted by molar-refractivity contribution is 7.07. The smallest absolute Gasteiger partial charge is 0.340 e. The minimum atomic E-state index is -0.580. The number of thiazole rings is 1. The summed E-state index contributed by atoms with van der Waals surface area (Å²) in [7, 11) is 1.71. The fourth-order valence-corrected chi connectivity index (χ4v) is 3.48. The van der Waals surface area contributed by atoms with Gasteiger partial charge in [0.25, 0.3) is 5.91 Å². The monoisotopic (exact) mass is 415 g/mol. The normalized spacial score (nSPS) is 11.3. The Labute approximate surface area is 171 Å². The molecule has 6 nitrogen and oxygen atoms in total. The molecule has 0 unspecified atom stereocenters. The first-order valence-electron chi connectivity index (χ1n) is 8.47. The fourth-order valence-electron chi connectivity index (χ4n) is 2.54. The van der Waals surface area contributed by atoms with Crippen molar-refractivity contribution >= 4 is 40.5 Å². The topological polar surface area (TPSA) is 72.7 Å². The number of carbonyl (C=O) groups excluding carboxylic acids is 2. The zero-order chi connectivity index (χ0) is 19.9. The highest BCUT2D eigenvalue weighted by Crippen LogP contribution is 2.16. The molecule has 0 aliphatic carbocycles. The van der Waals surface area contributed by atoms with Gasteiger partial charge in [-0.15, -0.1) is 11.3 Å². The van der Waals surface area contributed by atoms with Crippen LogP contribution in [0.2, 0.25) is 5.02 Å². The minimum absolute atomic E-state index is 0.364. The maximum Gasteiger partial charge on any atom is 0.340 e. The van der Waals surface area contributed by atoms with Crippen molar-refractivity contribution in [3.8, 4) is 0 Å². The third-order valence-electron chi connectivity index (χ3n) is 3.92. The van der Waals surface area contributed by atoms with Crippen molar-refractivity contribution in [2.45, 2.75) is 6.54 Å².